The van der Waals surface area contributed by atoms with Gasteiger partial charge in [0.1, 0.15) is 12.7 Å². The molecule has 0 aliphatic heterocycles. The summed E-state index contributed by atoms with van der Waals surface area (Å²) in [6.45, 7) is 1.98. The number of aliphatic hydroxyl groups excluding tert-OH is 3. The van der Waals surface area contributed by atoms with Crippen molar-refractivity contribution in [3.05, 3.63) is 72.9 Å². The quantitative estimate of drug-likeness (QED) is 0.0200. The van der Waals surface area contributed by atoms with Crippen LogP contribution in [0.5, 0.6) is 0 Å². The molecule has 12 heteroatoms. The van der Waals surface area contributed by atoms with E-state index in [1.807, 2.05) is 19.1 Å². The zero-order valence-corrected chi connectivity index (χ0v) is 36.7. The van der Waals surface area contributed by atoms with Crippen molar-refractivity contribution in [1.82, 2.24) is 0 Å². The Bertz CT molecular complexity index is 1210. The third-order valence-corrected chi connectivity index (χ3v) is 9.95. The molecule has 0 amide bonds. The zero-order chi connectivity index (χ0) is 42.8. The molecule has 0 spiro atoms. The molecule has 0 aliphatic carbocycles. The Morgan fingerprint density at radius 1 is 0.552 bits per heavy atom. The molecule has 1 unspecified atom stereocenters. The van der Waals surface area contributed by atoms with Crippen LogP contribution in [0.4, 0.5) is 0 Å². The Balaban J connectivity index is 4.42. The number of phosphoric acid groups is 1. The molecule has 0 fully saturated rings. The largest absolute Gasteiger partial charge is 0.472 e. The summed E-state index contributed by atoms with van der Waals surface area (Å²) in [7, 11) is -4.65. The van der Waals surface area contributed by atoms with Crippen LogP contribution in [0.15, 0.2) is 72.9 Å². The van der Waals surface area contributed by atoms with Crippen LogP contribution in [-0.2, 0) is 32.7 Å². The third kappa shape index (κ3) is 40.2. The highest BCUT2D eigenvalue weighted by Gasteiger charge is 2.27. The van der Waals surface area contributed by atoms with E-state index in [-0.39, 0.29) is 25.6 Å². The summed E-state index contributed by atoms with van der Waals surface area (Å²) in [4.78, 5) is 35.0. The molecule has 4 N–H and O–H groups in total. The predicted octanol–water partition coefficient (Wildman–Crippen LogP) is 10.6. The Hall–Kier alpha value is -2.63. The number of esters is 2. The number of carbonyl (C=O) groups excluding carboxylic acids is 2. The van der Waals surface area contributed by atoms with Gasteiger partial charge in [-0.3, -0.25) is 18.6 Å². The number of phosphoric ester groups is 1. The first-order chi connectivity index (χ1) is 28.1. The van der Waals surface area contributed by atoms with Gasteiger partial charge < -0.3 is 29.7 Å². The highest BCUT2D eigenvalue weighted by atomic mass is 31.2. The lowest BCUT2D eigenvalue weighted by atomic mass is 10.1. The fourth-order valence-electron chi connectivity index (χ4n) is 5.41. The van der Waals surface area contributed by atoms with Crippen molar-refractivity contribution in [3.8, 4) is 0 Å². The van der Waals surface area contributed by atoms with Crippen molar-refractivity contribution in [2.75, 3.05) is 26.4 Å². The van der Waals surface area contributed by atoms with Gasteiger partial charge in [-0.25, -0.2) is 4.57 Å². The lowest BCUT2D eigenvalue weighted by Gasteiger charge is -2.20. The van der Waals surface area contributed by atoms with E-state index >= 15 is 0 Å². The van der Waals surface area contributed by atoms with Crippen molar-refractivity contribution in [3.63, 3.8) is 0 Å². The topological polar surface area (TPSA) is 169 Å². The maximum atomic E-state index is 12.6. The first-order valence-electron chi connectivity index (χ1n) is 22.0. The molecule has 11 nitrogen and oxygen atoms in total. The molecule has 0 aromatic rings. The van der Waals surface area contributed by atoms with E-state index in [1.54, 1.807) is 0 Å². The summed E-state index contributed by atoms with van der Waals surface area (Å²) in [5.41, 5.74) is 0. The number of carbonyl (C=O) groups is 2. The molecule has 0 rings (SSSR count). The first-order valence-corrected chi connectivity index (χ1v) is 23.5. The van der Waals surface area contributed by atoms with Gasteiger partial charge in [-0.15, -0.1) is 0 Å². The van der Waals surface area contributed by atoms with Gasteiger partial charge >= 0.3 is 19.8 Å². The van der Waals surface area contributed by atoms with E-state index in [0.717, 1.165) is 70.6 Å². The van der Waals surface area contributed by atoms with E-state index in [0.29, 0.717) is 19.3 Å². The second-order valence-electron chi connectivity index (χ2n) is 14.5. The van der Waals surface area contributed by atoms with Crippen LogP contribution in [0, 0.1) is 0 Å². The van der Waals surface area contributed by atoms with Crippen LogP contribution in [0.2, 0.25) is 0 Å². The monoisotopic (exact) mass is 839 g/mol. The van der Waals surface area contributed by atoms with Crippen LogP contribution in [-0.4, -0.2) is 76.9 Å². The van der Waals surface area contributed by atoms with Crippen molar-refractivity contribution in [2.24, 2.45) is 0 Å². The average Bonchev–Trinajstić information content (AvgIpc) is 3.21. The van der Waals surface area contributed by atoms with Gasteiger partial charge in [-0.1, -0.05) is 132 Å². The Labute approximate surface area is 351 Å². The molecule has 0 aliphatic rings. The van der Waals surface area contributed by atoms with Crippen LogP contribution in [0.1, 0.15) is 162 Å². The number of ether oxygens (including phenoxy) is 2. The minimum atomic E-state index is -4.65. The molecule has 0 saturated heterocycles. The minimum absolute atomic E-state index is 0.0899. The van der Waals surface area contributed by atoms with E-state index in [1.165, 1.54) is 44.9 Å². The van der Waals surface area contributed by atoms with Crippen molar-refractivity contribution < 1.29 is 52.9 Å². The maximum Gasteiger partial charge on any atom is 0.472 e. The van der Waals surface area contributed by atoms with Gasteiger partial charge in [0.25, 0.3) is 0 Å². The number of hydrogen-bond donors (Lipinski definition) is 4. The van der Waals surface area contributed by atoms with E-state index in [9.17, 15) is 29.3 Å². The van der Waals surface area contributed by atoms with Crippen LogP contribution in [0.3, 0.4) is 0 Å². The highest BCUT2D eigenvalue weighted by molar-refractivity contribution is 7.47. The standard InChI is InChI=1S/C46H79O11P/c1-3-5-6-7-8-9-10-11-12-13-14-18-21-24-27-30-33-36-45(50)54-40-44(41-56-58(52,53)55-39-43(49)38-47)57-46(51)37-34-31-28-25-22-19-16-15-17-20-23-26-29-32-35-42(48)4-2/h8-9,11-12,16-17,19-20,25-26,28-29,42-44,47-49H,3-7,10,13-15,18,21-24,27,30-41H2,1-2H3,(H,52,53)/b9-8-,12-11-,19-16-,20-17-,28-25-,29-26-/t42-,43+,44-/m1/s1. The van der Waals surface area contributed by atoms with Crippen molar-refractivity contribution in [2.45, 2.75) is 180 Å². The summed E-state index contributed by atoms with van der Waals surface area (Å²) in [6.07, 6.45) is 43.8. The molecule has 0 bridgehead atoms. The molecule has 334 valence electrons. The summed E-state index contributed by atoms with van der Waals surface area (Å²) < 4.78 is 32.6. The molecule has 0 saturated carbocycles. The van der Waals surface area contributed by atoms with Crippen LogP contribution in [0.25, 0.3) is 0 Å². The molecule has 0 heterocycles. The maximum absolute atomic E-state index is 12.6. The average molecular weight is 839 g/mol. The minimum Gasteiger partial charge on any atom is -0.462 e. The van der Waals surface area contributed by atoms with Gasteiger partial charge in [-0.2, -0.15) is 0 Å². The Morgan fingerprint density at radius 3 is 1.57 bits per heavy atom. The number of aliphatic hydroxyl groups is 3. The van der Waals surface area contributed by atoms with Gasteiger partial charge in [-0.05, 0) is 89.9 Å². The number of hydrogen-bond acceptors (Lipinski definition) is 10. The molecule has 0 aromatic carbocycles. The highest BCUT2D eigenvalue weighted by Crippen LogP contribution is 2.43. The Kier molecular flexibility index (Phi) is 39.3. The van der Waals surface area contributed by atoms with Crippen LogP contribution < -0.4 is 0 Å². The van der Waals surface area contributed by atoms with Crippen molar-refractivity contribution in [1.29, 1.82) is 0 Å². The normalized spacial score (nSPS) is 15.1. The summed E-state index contributed by atoms with van der Waals surface area (Å²) in [5, 5.41) is 27.9. The van der Waals surface area contributed by atoms with E-state index in [2.05, 4.69) is 72.2 Å². The fourth-order valence-corrected chi connectivity index (χ4v) is 6.20. The predicted molar refractivity (Wildman–Crippen MR) is 234 cm³/mol. The number of rotatable bonds is 40. The summed E-state index contributed by atoms with van der Waals surface area (Å²) in [6, 6.07) is 0. The van der Waals surface area contributed by atoms with Gasteiger partial charge in [0.15, 0.2) is 6.10 Å². The summed E-state index contributed by atoms with van der Waals surface area (Å²) in [5.74, 6) is -1.02. The number of unbranched alkanes of at least 4 members (excludes halogenated alkanes) is 11. The van der Waals surface area contributed by atoms with Crippen molar-refractivity contribution >= 4 is 19.8 Å². The van der Waals surface area contributed by atoms with Crippen LogP contribution >= 0.6 is 7.82 Å². The lowest BCUT2D eigenvalue weighted by Crippen LogP contribution is -2.29. The second kappa shape index (κ2) is 41.1. The van der Waals surface area contributed by atoms with Gasteiger partial charge in [0, 0.05) is 12.8 Å². The molecular weight excluding hydrogens is 759 g/mol. The summed E-state index contributed by atoms with van der Waals surface area (Å²) >= 11 is 0. The molecule has 4 atom stereocenters. The lowest BCUT2D eigenvalue weighted by molar-refractivity contribution is -0.161. The number of allylic oxidation sites excluding steroid dienone is 12. The fraction of sp³-hybridized carbons (Fsp3) is 0.696. The zero-order valence-electron chi connectivity index (χ0n) is 35.8. The third-order valence-electron chi connectivity index (χ3n) is 9.00. The molecular formula is C46H79O11P. The SMILES string of the molecule is CCCCC/C=C\C/C=C\CCCCCCCCCC(=O)OC[C@H](COP(=O)(O)OC[C@@H](O)CO)OC(=O)CCC/C=C\C/C=C\C/C=C\C/C=C\CC[C@H](O)CC. The molecule has 0 aromatic heterocycles. The van der Waals surface area contributed by atoms with E-state index < -0.39 is 51.8 Å². The van der Waals surface area contributed by atoms with E-state index in [4.69, 9.17) is 19.1 Å². The second-order valence-corrected chi connectivity index (χ2v) is 16.0. The van der Waals surface area contributed by atoms with Gasteiger partial charge in [0.2, 0.25) is 0 Å². The molecule has 0 radical (unpaired) electrons. The Morgan fingerprint density at radius 2 is 1.02 bits per heavy atom. The first kappa shape index (κ1) is 55.4. The van der Waals surface area contributed by atoms with Gasteiger partial charge in [0.05, 0.1) is 25.9 Å². The smallest absolute Gasteiger partial charge is 0.462 e. The molecule has 58 heavy (non-hydrogen) atoms.